The van der Waals surface area contributed by atoms with Gasteiger partial charge in [-0.25, -0.2) is 9.98 Å². The molecule has 0 saturated carbocycles. The molecule has 2 aromatic rings. The molecule has 0 radical (unpaired) electrons. The van der Waals surface area contributed by atoms with Crippen LogP contribution in [0.2, 0.25) is 0 Å². The van der Waals surface area contributed by atoms with E-state index in [0.717, 1.165) is 17.3 Å². The maximum atomic E-state index is 10.6. The van der Waals surface area contributed by atoms with Crippen molar-refractivity contribution in [2.24, 2.45) is 4.99 Å². The van der Waals surface area contributed by atoms with Crippen molar-refractivity contribution in [2.75, 3.05) is 13.1 Å². The number of aromatic nitrogens is 1. The van der Waals surface area contributed by atoms with Gasteiger partial charge in [0.25, 0.3) is 0 Å². The first-order valence-corrected chi connectivity index (χ1v) is 8.45. The molecule has 1 unspecified atom stereocenters. The zero-order valence-corrected chi connectivity index (χ0v) is 17.6. The Kier molecular flexibility index (Phi) is 8.17. The lowest BCUT2D eigenvalue weighted by Gasteiger charge is -2.22. The van der Waals surface area contributed by atoms with Crippen LogP contribution in [0.1, 0.15) is 35.3 Å². The summed E-state index contributed by atoms with van der Waals surface area (Å²) >= 11 is 1.63. The van der Waals surface area contributed by atoms with E-state index in [0.29, 0.717) is 24.8 Å². The Hall–Kier alpha value is -1.13. The van der Waals surface area contributed by atoms with Crippen molar-refractivity contribution in [3.63, 3.8) is 0 Å². The zero-order valence-electron chi connectivity index (χ0n) is 14.4. The third kappa shape index (κ3) is 6.06. The lowest BCUT2D eigenvalue weighted by molar-refractivity contribution is 0.0378. The van der Waals surface area contributed by atoms with Gasteiger partial charge >= 0.3 is 0 Å². The van der Waals surface area contributed by atoms with Gasteiger partial charge < -0.3 is 20.2 Å². The summed E-state index contributed by atoms with van der Waals surface area (Å²) in [5.74, 6) is 1.96. The Morgan fingerprint density at radius 2 is 2.12 bits per heavy atom. The minimum atomic E-state index is -1.11. The Bertz CT molecular complexity index is 667. The summed E-state index contributed by atoms with van der Waals surface area (Å²) in [6.45, 7) is 9.14. The van der Waals surface area contributed by atoms with E-state index in [-0.39, 0.29) is 24.0 Å². The molecule has 0 spiro atoms. The minimum Gasteiger partial charge on any atom is -0.463 e. The molecule has 0 aliphatic rings. The van der Waals surface area contributed by atoms with E-state index < -0.39 is 5.60 Å². The second-order valence-corrected chi connectivity index (χ2v) is 6.92. The van der Waals surface area contributed by atoms with Gasteiger partial charge in [0, 0.05) is 17.6 Å². The summed E-state index contributed by atoms with van der Waals surface area (Å²) in [5, 5.41) is 17.8. The predicted molar refractivity (Wildman–Crippen MR) is 108 cm³/mol. The summed E-state index contributed by atoms with van der Waals surface area (Å²) in [6.07, 6.45) is 1.85. The largest absolute Gasteiger partial charge is 0.463 e. The summed E-state index contributed by atoms with van der Waals surface area (Å²) in [4.78, 5) is 9.97. The van der Waals surface area contributed by atoms with Crippen LogP contribution < -0.4 is 10.6 Å². The molecule has 8 heteroatoms. The second kappa shape index (κ2) is 9.38. The van der Waals surface area contributed by atoms with Crippen molar-refractivity contribution in [3.8, 4) is 0 Å². The topological polar surface area (TPSA) is 82.7 Å². The van der Waals surface area contributed by atoms with E-state index >= 15 is 0 Å². The molecule has 24 heavy (non-hydrogen) atoms. The molecule has 2 aromatic heterocycles. The van der Waals surface area contributed by atoms with Crippen molar-refractivity contribution < 1.29 is 9.52 Å². The van der Waals surface area contributed by atoms with Gasteiger partial charge in [-0.2, -0.15) is 0 Å². The van der Waals surface area contributed by atoms with Crippen molar-refractivity contribution in [3.05, 3.63) is 39.7 Å². The summed E-state index contributed by atoms with van der Waals surface area (Å²) in [7, 11) is 0. The molecule has 0 amide bonds. The van der Waals surface area contributed by atoms with Crippen molar-refractivity contribution >= 4 is 41.3 Å². The van der Waals surface area contributed by atoms with Gasteiger partial charge in [-0.1, -0.05) is 0 Å². The quantitative estimate of drug-likeness (QED) is 0.348. The SMILES string of the molecule is CCNC(=NCc1ncc(C)s1)NCC(C)(O)c1ccc(C)o1.I. The number of furan rings is 1. The minimum absolute atomic E-state index is 0. The molecule has 0 aliphatic carbocycles. The molecular formula is C16H25IN4O2S. The van der Waals surface area contributed by atoms with E-state index in [2.05, 4.69) is 20.6 Å². The molecule has 1 atom stereocenters. The van der Waals surface area contributed by atoms with Crippen LogP contribution >= 0.6 is 35.3 Å². The van der Waals surface area contributed by atoms with Crippen molar-refractivity contribution in [1.82, 2.24) is 15.6 Å². The molecular weight excluding hydrogens is 439 g/mol. The van der Waals surface area contributed by atoms with Crippen LogP contribution in [0.3, 0.4) is 0 Å². The third-order valence-electron chi connectivity index (χ3n) is 3.26. The fourth-order valence-electron chi connectivity index (χ4n) is 2.03. The molecule has 0 aromatic carbocycles. The number of hydrogen-bond donors (Lipinski definition) is 3. The Labute approximate surface area is 163 Å². The van der Waals surface area contributed by atoms with Crippen LogP contribution in [-0.4, -0.2) is 29.1 Å². The van der Waals surface area contributed by atoms with Crippen LogP contribution in [0.25, 0.3) is 0 Å². The molecule has 6 nitrogen and oxygen atoms in total. The van der Waals surface area contributed by atoms with Gasteiger partial charge in [-0.05, 0) is 39.8 Å². The predicted octanol–water partition coefficient (Wildman–Crippen LogP) is 2.93. The van der Waals surface area contributed by atoms with E-state index in [1.165, 1.54) is 4.88 Å². The third-order valence-corrected chi connectivity index (χ3v) is 4.15. The summed E-state index contributed by atoms with van der Waals surface area (Å²) in [5.41, 5.74) is -1.11. The van der Waals surface area contributed by atoms with E-state index in [1.807, 2.05) is 33.0 Å². The fourth-order valence-corrected chi connectivity index (χ4v) is 2.74. The van der Waals surface area contributed by atoms with Gasteiger partial charge in [0.05, 0.1) is 13.1 Å². The average Bonchev–Trinajstić information content (AvgIpc) is 3.11. The first kappa shape index (κ1) is 20.9. The Morgan fingerprint density at radius 3 is 2.67 bits per heavy atom. The lowest BCUT2D eigenvalue weighted by Crippen LogP contribution is -2.44. The number of halogens is 1. The molecule has 2 rings (SSSR count). The Balaban J connectivity index is 0.00000288. The highest BCUT2D eigenvalue weighted by Crippen LogP contribution is 2.21. The number of thiazole rings is 1. The standard InChI is InChI=1S/C16H24N4O2S.HI/c1-5-17-15(19-9-14-18-8-12(3)23-14)20-10-16(4,21)13-7-6-11(2)22-13;/h6-8,21H,5,9-10H2,1-4H3,(H2,17,19,20);1H. The van der Waals surface area contributed by atoms with Crippen LogP contribution in [0.4, 0.5) is 0 Å². The van der Waals surface area contributed by atoms with Gasteiger partial charge in [0.2, 0.25) is 0 Å². The smallest absolute Gasteiger partial charge is 0.191 e. The summed E-state index contributed by atoms with van der Waals surface area (Å²) in [6, 6.07) is 3.63. The first-order valence-electron chi connectivity index (χ1n) is 7.63. The van der Waals surface area contributed by atoms with E-state index in [4.69, 9.17) is 4.42 Å². The van der Waals surface area contributed by atoms with Gasteiger partial charge in [-0.3, -0.25) is 0 Å². The van der Waals surface area contributed by atoms with Gasteiger partial charge in [0.15, 0.2) is 5.96 Å². The monoisotopic (exact) mass is 464 g/mol. The number of guanidine groups is 1. The molecule has 0 aliphatic heterocycles. The lowest BCUT2D eigenvalue weighted by atomic mass is 10.0. The maximum Gasteiger partial charge on any atom is 0.191 e. The number of nitrogens with zero attached hydrogens (tertiary/aromatic N) is 2. The highest BCUT2D eigenvalue weighted by molar-refractivity contribution is 14.0. The highest BCUT2D eigenvalue weighted by atomic mass is 127. The van der Waals surface area contributed by atoms with E-state index in [1.54, 1.807) is 24.3 Å². The molecule has 0 saturated heterocycles. The summed E-state index contributed by atoms with van der Waals surface area (Å²) < 4.78 is 5.51. The number of aryl methyl sites for hydroxylation is 2. The normalized spacial score (nSPS) is 14.0. The van der Waals surface area contributed by atoms with E-state index in [9.17, 15) is 5.11 Å². The Morgan fingerprint density at radius 1 is 1.38 bits per heavy atom. The molecule has 0 bridgehead atoms. The first-order chi connectivity index (χ1) is 10.9. The number of aliphatic hydroxyl groups is 1. The zero-order chi connectivity index (χ0) is 16.9. The van der Waals surface area contributed by atoms with Crippen LogP contribution in [0.5, 0.6) is 0 Å². The van der Waals surface area contributed by atoms with Gasteiger partial charge in [-0.15, -0.1) is 35.3 Å². The molecule has 134 valence electrons. The molecule has 0 fully saturated rings. The van der Waals surface area contributed by atoms with Crippen molar-refractivity contribution in [1.29, 1.82) is 0 Å². The number of hydrogen-bond acceptors (Lipinski definition) is 5. The van der Waals surface area contributed by atoms with Crippen molar-refractivity contribution in [2.45, 2.75) is 39.8 Å². The van der Waals surface area contributed by atoms with Crippen LogP contribution in [0.15, 0.2) is 27.7 Å². The number of nitrogens with one attached hydrogen (secondary N) is 2. The fraction of sp³-hybridized carbons (Fsp3) is 0.500. The molecule has 3 N–H and O–H groups in total. The van der Waals surface area contributed by atoms with Crippen LogP contribution in [-0.2, 0) is 12.1 Å². The van der Waals surface area contributed by atoms with Gasteiger partial charge in [0.1, 0.15) is 22.1 Å². The van der Waals surface area contributed by atoms with Crippen LogP contribution in [0, 0.1) is 13.8 Å². The second-order valence-electron chi connectivity index (χ2n) is 5.60. The molecule has 2 heterocycles. The maximum absolute atomic E-state index is 10.6. The number of aliphatic imine (C=N–C) groups is 1. The highest BCUT2D eigenvalue weighted by Gasteiger charge is 2.27. The number of rotatable bonds is 6. The average molecular weight is 464 g/mol.